The van der Waals surface area contributed by atoms with Crippen molar-refractivity contribution in [1.29, 1.82) is 0 Å². The van der Waals surface area contributed by atoms with E-state index in [-0.39, 0.29) is 10.8 Å². The van der Waals surface area contributed by atoms with Gasteiger partial charge in [0.05, 0.1) is 5.69 Å². The molecule has 1 aromatic carbocycles. The maximum absolute atomic E-state index is 12.8. The fraction of sp³-hybridized carbons (Fsp3) is 0.125. The summed E-state index contributed by atoms with van der Waals surface area (Å²) in [6.07, 6.45) is 0. The number of carbonyl (C=O) groups excluding carboxylic acids is 1. The van der Waals surface area contributed by atoms with Crippen molar-refractivity contribution in [3.8, 4) is 0 Å². The molecule has 64 valence electrons. The summed E-state index contributed by atoms with van der Waals surface area (Å²) in [4.78, 5) is 10.4. The first kappa shape index (κ1) is 9.00. The molecule has 0 atom stereocenters. The first-order chi connectivity index (χ1) is 5.61. The molecule has 1 aromatic rings. The lowest BCUT2D eigenvalue weighted by molar-refractivity contribution is 0.253. The lowest BCUT2D eigenvalue weighted by Gasteiger charge is -2.07. The van der Waals surface area contributed by atoms with Gasteiger partial charge in [-0.25, -0.2) is 0 Å². The van der Waals surface area contributed by atoms with Crippen LogP contribution in [0.3, 0.4) is 0 Å². The minimum Gasteiger partial charge on any atom is -0.252 e. The number of aryl methyl sites for hydroxylation is 1. The van der Waals surface area contributed by atoms with Crippen LogP contribution in [0.1, 0.15) is 5.56 Å². The maximum Gasteiger partial charge on any atom is 0.349 e. The predicted octanol–water partition coefficient (Wildman–Crippen LogP) is 3.04. The summed E-state index contributed by atoms with van der Waals surface area (Å²) in [6.45, 7) is 1.80. The van der Waals surface area contributed by atoms with Gasteiger partial charge < -0.3 is 0 Å². The highest BCUT2D eigenvalue weighted by Crippen LogP contribution is 2.17. The van der Waals surface area contributed by atoms with Crippen LogP contribution in [0.5, 0.6) is 0 Å². The summed E-state index contributed by atoms with van der Waals surface area (Å²) in [5, 5.41) is -1.24. The number of hydrogen-bond donors (Lipinski definition) is 0. The fourth-order valence-electron chi connectivity index (χ4n) is 0.852. The highest BCUT2D eigenvalue weighted by molar-refractivity contribution is 6.65. The quantitative estimate of drug-likeness (QED) is 0.376. The van der Waals surface area contributed by atoms with Gasteiger partial charge in [0, 0.05) is 0 Å². The Morgan fingerprint density at radius 2 is 2.25 bits per heavy atom. The Bertz CT molecular complexity index is 303. The van der Waals surface area contributed by atoms with Crippen molar-refractivity contribution in [3.63, 3.8) is 0 Å². The molecule has 12 heavy (non-hydrogen) atoms. The molecule has 1 amide bonds. The van der Waals surface area contributed by atoms with Crippen LogP contribution in [0.2, 0.25) is 0 Å². The summed E-state index contributed by atoms with van der Waals surface area (Å²) in [5.41, 5.74) is 1.02. The molecule has 0 saturated heterocycles. The lowest BCUT2D eigenvalue weighted by atomic mass is 10.2. The average Bonchev–Trinajstić information content (AvgIpc) is 2.03. The van der Waals surface area contributed by atoms with E-state index in [1.807, 2.05) is 0 Å². The number of nitrogens with zero attached hydrogens (tertiary/aromatic N) is 1. The summed E-state index contributed by atoms with van der Waals surface area (Å²) in [7, 11) is 0. The SMILES string of the molecule is Cc1cccc(N(F)C(=O)Cl)c1. The third-order valence-corrected chi connectivity index (χ3v) is 1.53. The van der Waals surface area contributed by atoms with Gasteiger partial charge in [0.25, 0.3) is 0 Å². The minimum absolute atomic E-state index is 0.103. The van der Waals surface area contributed by atoms with Crippen molar-refractivity contribution in [3.05, 3.63) is 29.8 Å². The number of benzene rings is 1. The highest BCUT2D eigenvalue weighted by atomic mass is 35.5. The second kappa shape index (κ2) is 3.54. The third kappa shape index (κ3) is 1.95. The first-order valence-corrected chi connectivity index (χ1v) is 3.71. The largest absolute Gasteiger partial charge is 0.349 e. The Hall–Kier alpha value is -1.09. The van der Waals surface area contributed by atoms with Crippen LogP contribution in [0.25, 0.3) is 0 Å². The van der Waals surface area contributed by atoms with Crippen LogP contribution in [-0.4, -0.2) is 5.37 Å². The molecule has 0 aliphatic carbocycles. The Morgan fingerprint density at radius 3 is 2.75 bits per heavy atom. The first-order valence-electron chi connectivity index (χ1n) is 3.33. The number of hydrogen-bond acceptors (Lipinski definition) is 1. The Labute approximate surface area is 74.5 Å². The van der Waals surface area contributed by atoms with Crippen molar-refractivity contribution >= 4 is 22.7 Å². The van der Waals surface area contributed by atoms with Gasteiger partial charge in [-0.3, -0.25) is 4.79 Å². The summed E-state index contributed by atoms with van der Waals surface area (Å²) < 4.78 is 12.8. The topological polar surface area (TPSA) is 20.3 Å². The molecule has 0 aromatic heterocycles. The van der Waals surface area contributed by atoms with E-state index < -0.39 is 5.37 Å². The molecule has 0 spiro atoms. The zero-order chi connectivity index (χ0) is 9.14. The molecule has 0 radical (unpaired) electrons. The van der Waals surface area contributed by atoms with E-state index in [1.165, 1.54) is 12.1 Å². The molecular formula is C8H7ClFNO. The molecule has 0 aliphatic rings. The van der Waals surface area contributed by atoms with Crippen LogP contribution < -0.4 is 5.12 Å². The number of amides is 1. The molecule has 0 N–H and O–H groups in total. The van der Waals surface area contributed by atoms with Gasteiger partial charge >= 0.3 is 5.37 Å². The van der Waals surface area contributed by atoms with Gasteiger partial charge in [-0.1, -0.05) is 16.6 Å². The van der Waals surface area contributed by atoms with E-state index in [9.17, 15) is 9.28 Å². The monoisotopic (exact) mass is 187 g/mol. The number of halogens is 2. The molecule has 0 bridgehead atoms. The molecule has 0 aliphatic heterocycles. The fourth-order valence-corrected chi connectivity index (χ4v) is 0.949. The number of rotatable bonds is 1. The maximum atomic E-state index is 12.8. The van der Waals surface area contributed by atoms with Gasteiger partial charge in [-0.15, -0.1) is 5.12 Å². The smallest absolute Gasteiger partial charge is 0.252 e. The van der Waals surface area contributed by atoms with Gasteiger partial charge in [0.2, 0.25) is 0 Å². The molecular weight excluding hydrogens is 181 g/mol. The van der Waals surface area contributed by atoms with E-state index in [0.29, 0.717) is 0 Å². The van der Waals surface area contributed by atoms with Crippen LogP contribution in [0, 0.1) is 6.92 Å². The van der Waals surface area contributed by atoms with Gasteiger partial charge in [-0.2, -0.15) is 0 Å². The van der Waals surface area contributed by atoms with Crippen LogP contribution in [0.4, 0.5) is 15.0 Å². The lowest BCUT2D eigenvalue weighted by Crippen LogP contribution is -2.13. The number of carbonyl (C=O) groups is 1. The molecule has 0 unspecified atom stereocenters. The second-order valence-corrected chi connectivity index (χ2v) is 2.70. The average molecular weight is 188 g/mol. The zero-order valence-electron chi connectivity index (χ0n) is 6.42. The van der Waals surface area contributed by atoms with Crippen LogP contribution >= 0.6 is 11.6 Å². The third-order valence-electron chi connectivity index (χ3n) is 1.38. The van der Waals surface area contributed by atoms with Crippen molar-refractivity contribution in [2.75, 3.05) is 5.12 Å². The van der Waals surface area contributed by atoms with E-state index >= 15 is 0 Å². The van der Waals surface area contributed by atoms with Crippen molar-refractivity contribution in [2.24, 2.45) is 0 Å². The van der Waals surface area contributed by atoms with E-state index in [2.05, 4.69) is 0 Å². The van der Waals surface area contributed by atoms with E-state index in [1.54, 1.807) is 19.1 Å². The molecule has 1 rings (SSSR count). The molecule has 4 heteroatoms. The molecule has 0 fully saturated rings. The van der Waals surface area contributed by atoms with Gasteiger partial charge in [0.15, 0.2) is 0 Å². The zero-order valence-corrected chi connectivity index (χ0v) is 7.18. The highest BCUT2D eigenvalue weighted by Gasteiger charge is 2.11. The summed E-state index contributed by atoms with van der Waals surface area (Å²) in [5.74, 6) is 0. The van der Waals surface area contributed by atoms with Crippen LogP contribution in [0.15, 0.2) is 24.3 Å². The standard InChI is InChI=1S/C8H7ClFNO/c1-6-3-2-4-7(5-6)11(10)8(9)12/h2-5H,1H3. The second-order valence-electron chi connectivity index (χ2n) is 2.37. The van der Waals surface area contributed by atoms with E-state index in [4.69, 9.17) is 11.6 Å². The molecule has 0 saturated carbocycles. The normalized spacial score (nSPS) is 9.58. The predicted molar refractivity (Wildman–Crippen MR) is 46.0 cm³/mol. The van der Waals surface area contributed by atoms with Crippen molar-refractivity contribution in [1.82, 2.24) is 0 Å². The van der Waals surface area contributed by atoms with Gasteiger partial charge in [-0.05, 0) is 36.2 Å². The van der Waals surface area contributed by atoms with E-state index in [0.717, 1.165) is 5.56 Å². The van der Waals surface area contributed by atoms with Crippen LogP contribution in [-0.2, 0) is 0 Å². The minimum atomic E-state index is -1.14. The summed E-state index contributed by atoms with van der Waals surface area (Å²) in [6, 6.07) is 6.45. The number of anilines is 1. The molecule has 0 heterocycles. The van der Waals surface area contributed by atoms with Gasteiger partial charge in [0.1, 0.15) is 0 Å². The van der Waals surface area contributed by atoms with Crippen molar-refractivity contribution < 1.29 is 9.28 Å². The Morgan fingerprint density at radius 1 is 1.58 bits per heavy atom. The Balaban J connectivity index is 2.95. The summed E-state index contributed by atoms with van der Waals surface area (Å²) >= 11 is 4.93. The molecule has 2 nitrogen and oxygen atoms in total. The Kier molecular flexibility index (Phi) is 2.65. The van der Waals surface area contributed by atoms with Crippen molar-refractivity contribution in [2.45, 2.75) is 6.92 Å².